The van der Waals surface area contributed by atoms with Crippen molar-refractivity contribution < 1.29 is 9.72 Å². The number of anilines is 1. The number of nitro groups is 1. The van der Waals surface area contributed by atoms with E-state index in [4.69, 9.17) is 0 Å². The van der Waals surface area contributed by atoms with E-state index in [1.54, 1.807) is 0 Å². The molecule has 6 nitrogen and oxygen atoms in total. The highest BCUT2D eigenvalue weighted by molar-refractivity contribution is 5.89. The Morgan fingerprint density at radius 1 is 1.14 bits per heavy atom. The lowest BCUT2D eigenvalue weighted by Gasteiger charge is -2.13. The van der Waals surface area contributed by atoms with Crippen LogP contribution in [-0.4, -0.2) is 17.5 Å². The summed E-state index contributed by atoms with van der Waals surface area (Å²) in [7, 11) is 0. The molecule has 0 aromatic heterocycles. The van der Waals surface area contributed by atoms with Gasteiger partial charge in [0.25, 0.3) is 5.69 Å². The van der Waals surface area contributed by atoms with E-state index in [2.05, 4.69) is 10.6 Å². The second-order valence-corrected chi connectivity index (χ2v) is 4.95. The number of benzene rings is 2. The van der Waals surface area contributed by atoms with Gasteiger partial charge in [-0.2, -0.15) is 0 Å². The van der Waals surface area contributed by atoms with Gasteiger partial charge in [-0.05, 0) is 23.6 Å². The molecule has 2 aromatic carbocycles. The Bertz CT molecular complexity index is 641. The first kappa shape index (κ1) is 15.5. The minimum absolute atomic E-state index is 0.0105. The van der Waals surface area contributed by atoms with Gasteiger partial charge in [0.1, 0.15) is 0 Å². The molecule has 0 bridgehead atoms. The minimum atomic E-state index is -0.481. The van der Waals surface area contributed by atoms with Gasteiger partial charge in [-0.15, -0.1) is 0 Å². The number of amides is 2. The molecule has 114 valence electrons. The van der Waals surface area contributed by atoms with Crippen molar-refractivity contribution in [3.05, 3.63) is 70.3 Å². The Morgan fingerprint density at radius 3 is 2.36 bits per heavy atom. The molecule has 2 rings (SSSR count). The number of nitrogens with one attached hydrogen (secondary N) is 2. The van der Waals surface area contributed by atoms with Gasteiger partial charge in [-0.1, -0.05) is 37.3 Å². The van der Waals surface area contributed by atoms with Gasteiger partial charge in [0, 0.05) is 24.4 Å². The smallest absolute Gasteiger partial charge is 0.319 e. The van der Waals surface area contributed by atoms with Crippen molar-refractivity contribution in [3.8, 4) is 0 Å². The number of nitro benzene ring substituents is 1. The molecule has 1 unspecified atom stereocenters. The van der Waals surface area contributed by atoms with E-state index in [1.807, 2.05) is 37.3 Å². The zero-order chi connectivity index (χ0) is 15.9. The van der Waals surface area contributed by atoms with Gasteiger partial charge in [0.15, 0.2) is 0 Å². The van der Waals surface area contributed by atoms with Crippen LogP contribution in [0, 0.1) is 10.1 Å². The van der Waals surface area contributed by atoms with E-state index in [1.165, 1.54) is 24.3 Å². The summed E-state index contributed by atoms with van der Waals surface area (Å²) in [5.41, 5.74) is 1.65. The molecule has 0 aliphatic rings. The molecule has 22 heavy (non-hydrogen) atoms. The summed E-state index contributed by atoms with van der Waals surface area (Å²) < 4.78 is 0. The highest BCUT2D eigenvalue weighted by Crippen LogP contribution is 2.16. The molecule has 2 amide bonds. The fraction of sp³-hybridized carbons (Fsp3) is 0.188. The summed E-state index contributed by atoms with van der Waals surface area (Å²) in [6, 6.07) is 15.3. The van der Waals surface area contributed by atoms with Gasteiger partial charge in [-0.25, -0.2) is 4.79 Å². The third kappa shape index (κ3) is 4.31. The maximum atomic E-state index is 11.8. The molecule has 0 spiro atoms. The Kier molecular flexibility index (Phi) is 5.08. The van der Waals surface area contributed by atoms with Crippen LogP contribution >= 0.6 is 0 Å². The molecule has 0 aliphatic heterocycles. The standard InChI is InChI=1S/C16H17N3O3/c1-12(13-5-3-2-4-6-13)11-17-16(20)18-14-7-9-15(10-8-14)19(21)22/h2-10,12H,11H2,1H3,(H2,17,18,20). The first-order valence-electron chi connectivity index (χ1n) is 6.90. The third-order valence-corrected chi connectivity index (χ3v) is 3.27. The van der Waals surface area contributed by atoms with Crippen LogP contribution in [0.3, 0.4) is 0 Å². The fourth-order valence-electron chi connectivity index (χ4n) is 1.99. The van der Waals surface area contributed by atoms with E-state index >= 15 is 0 Å². The van der Waals surface area contributed by atoms with Crippen LogP contribution in [0.25, 0.3) is 0 Å². The van der Waals surface area contributed by atoms with Crippen molar-refractivity contribution in [1.82, 2.24) is 5.32 Å². The topological polar surface area (TPSA) is 84.3 Å². The Morgan fingerprint density at radius 2 is 1.77 bits per heavy atom. The zero-order valence-electron chi connectivity index (χ0n) is 12.2. The Labute approximate surface area is 128 Å². The predicted octanol–water partition coefficient (Wildman–Crippen LogP) is 3.52. The lowest BCUT2D eigenvalue weighted by atomic mass is 10.0. The number of nitrogens with zero attached hydrogens (tertiary/aromatic N) is 1. The van der Waals surface area contributed by atoms with Crippen LogP contribution in [0.15, 0.2) is 54.6 Å². The van der Waals surface area contributed by atoms with E-state index in [-0.39, 0.29) is 17.6 Å². The molecule has 6 heteroatoms. The normalized spacial score (nSPS) is 11.5. The lowest BCUT2D eigenvalue weighted by molar-refractivity contribution is -0.384. The number of carbonyl (C=O) groups is 1. The largest absolute Gasteiger partial charge is 0.337 e. The second kappa shape index (κ2) is 7.21. The predicted molar refractivity (Wildman–Crippen MR) is 85.0 cm³/mol. The second-order valence-electron chi connectivity index (χ2n) is 4.95. The molecular formula is C16H17N3O3. The van der Waals surface area contributed by atoms with E-state index in [0.29, 0.717) is 12.2 Å². The summed E-state index contributed by atoms with van der Waals surface area (Å²) in [6.45, 7) is 2.53. The number of non-ortho nitro benzene ring substituents is 1. The van der Waals surface area contributed by atoms with Crippen molar-refractivity contribution in [2.45, 2.75) is 12.8 Å². The Balaban J connectivity index is 1.84. The summed E-state index contributed by atoms with van der Waals surface area (Å²) in [5.74, 6) is 0.198. The molecule has 0 saturated heterocycles. The number of rotatable bonds is 5. The van der Waals surface area contributed by atoms with Crippen molar-refractivity contribution in [2.75, 3.05) is 11.9 Å². The van der Waals surface area contributed by atoms with Crippen molar-refractivity contribution >= 4 is 17.4 Å². The molecule has 2 aromatic rings. The summed E-state index contributed by atoms with van der Waals surface area (Å²) >= 11 is 0. The highest BCUT2D eigenvalue weighted by Gasteiger charge is 2.09. The van der Waals surface area contributed by atoms with Gasteiger partial charge in [0.2, 0.25) is 0 Å². The molecule has 1 atom stereocenters. The van der Waals surface area contributed by atoms with Crippen molar-refractivity contribution in [3.63, 3.8) is 0 Å². The first-order chi connectivity index (χ1) is 10.6. The number of carbonyl (C=O) groups excluding carboxylic acids is 1. The van der Waals surface area contributed by atoms with Crippen LogP contribution in [0.1, 0.15) is 18.4 Å². The maximum Gasteiger partial charge on any atom is 0.319 e. The molecule has 0 saturated carbocycles. The summed E-state index contributed by atoms with van der Waals surface area (Å²) in [4.78, 5) is 21.9. The minimum Gasteiger partial charge on any atom is -0.337 e. The summed E-state index contributed by atoms with van der Waals surface area (Å²) in [6.07, 6.45) is 0. The molecule has 0 radical (unpaired) electrons. The molecule has 0 aliphatic carbocycles. The monoisotopic (exact) mass is 299 g/mol. The average molecular weight is 299 g/mol. The molecule has 0 heterocycles. The van der Waals surface area contributed by atoms with Crippen molar-refractivity contribution in [1.29, 1.82) is 0 Å². The van der Waals surface area contributed by atoms with E-state index in [0.717, 1.165) is 5.56 Å². The van der Waals surface area contributed by atoms with Gasteiger partial charge < -0.3 is 10.6 Å². The number of hydrogen-bond donors (Lipinski definition) is 2. The maximum absolute atomic E-state index is 11.8. The Hall–Kier alpha value is -2.89. The van der Waals surface area contributed by atoms with Gasteiger partial charge in [0.05, 0.1) is 4.92 Å². The van der Waals surface area contributed by atoms with Crippen LogP contribution in [0.4, 0.5) is 16.2 Å². The fourth-order valence-corrected chi connectivity index (χ4v) is 1.99. The third-order valence-electron chi connectivity index (χ3n) is 3.27. The van der Waals surface area contributed by atoms with Crippen LogP contribution < -0.4 is 10.6 Å². The van der Waals surface area contributed by atoms with Crippen molar-refractivity contribution in [2.24, 2.45) is 0 Å². The van der Waals surface area contributed by atoms with Gasteiger partial charge >= 0.3 is 6.03 Å². The van der Waals surface area contributed by atoms with Crippen LogP contribution in [-0.2, 0) is 0 Å². The van der Waals surface area contributed by atoms with E-state index in [9.17, 15) is 14.9 Å². The number of hydrogen-bond acceptors (Lipinski definition) is 3. The highest BCUT2D eigenvalue weighted by atomic mass is 16.6. The zero-order valence-corrected chi connectivity index (χ0v) is 12.2. The quantitative estimate of drug-likeness (QED) is 0.654. The van der Waals surface area contributed by atoms with Crippen LogP contribution in [0.5, 0.6) is 0 Å². The van der Waals surface area contributed by atoms with Crippen LogP contribution in [0.2, 0.25) is 0 Å². The average Bonchev–Trinajstić information content (AvgIpc) is 2.54. The van der Waals surface area contributed by atoms with Gasteiger partial charge in [-0.3, -0.25) is 10.1 Å². The van der Waals surface area contributed by atoms with E-state index < -0.39 is 4.92 Å². The molecule has 0 fully saturated rings. The summed E-state index contributed by atoms with van der Waals surface area (Å²) in [5, 5.41) is 16.0. The molecule has 2 N–H and O–H groups in total. The SMILES string of the molecule is CC(CNC(=O)Nc1ccc([N+](=O)[O-])cc1)c1ccccc1. The first-order valence-corrected chi connectivity index (χ1v) is 6.90. The molecular weight excluding hydrogens is 282 g/mol. The number of urea groups is 1. The lowest BCUT2D eigenvalue weighted by Crippen LogP contribution is -2.31.